The zero-order chi connectivity index (χ0) is 12.6. The zero-order valence-electron chi connectivity index (χ0n) is 10.5. The molecule has 1 aromatic carbocycles. The molecule has 0 spiro atoms. The molecular formula is C14H18O3. The molecule has 1 aliphatic rings. The largest absolute Gasteiger partial charge is 0.492 e. The second-order valence-electron chi connectivity index (χ2n) is 5.53. The van der Waals surface area contributed by atoms with Crippen molar-refractivity contribution in [2.24, 2.45) is 5.41 Å². The van der Waals surface area contributed by atoms with E-state index in [1.165, 1.54) is 0 Å². The summed E-state index contributed by atoms with van der Waals surface area (Å²) in [5.74, 6) is 0.400. The Labute approximate surface area is 101 Å². The van der Waals surface area contributed by atoms with E-state index in [1.807, 2.05) is 32.9 Å². The molecule has 2 rings (SSSR count). The predicted molar refractivity (Wildman–Crippen MR) is 65.4 cm³/mol. The highest BCUT2D eigenvalue weighted by Gasteiger charge is 2.32. The molecule has 17 heavy (non-hydrogen) atoms. The summed E-state index contributed by atoms with van der Waals surface area (Å²) >= 11 is 0. The number of fused-ring (bicyclic) bond motifs is 1. The molecule has 0 aliphatic carbocycles. The Morgan fingerprint density at radius 1 is 1.41 bits per heavy atom. The van der Waals surface area contributed by atoms with Gasteiger partial charge in [-0.3, -0.25) is 4.79 Å². The number of rotatable bonds is 2. The van der Waals surface area contributed by atoms with E-state index in [9.17, 15) is 9.90 Å². The molecule has 0 amide bonds. The van der Waals surface area contributed by atoms with Crippen molar-refractivity contribution in [3.63, 3.8) is 0 Å². The molecule has 1 aliphatic heterocycles. The predicted octanol–water partition coefficient (Wildman–Crippen LogP) is 2.21. The SMILES string of the molecule is CC(C)(C)C(O)C(=O)c1cccc2c1OCC2. The van der Waals surface area contributed by atoms with Crippen LogP contribution in [0.4, 0.5) is 0 Å². The van der Waals surface area contributed by atoms with Crippen LogP contribution in [0.3, 0.4) is 0 Å². The lowest BCUT2D eigenvalue weighted by atomic mass is 9.84. The van der Waals surface area contributed by atoms with Crippen LogP contribution in [0, 0.1) is 5.41 Å². The first-order chi connectivity index (χ1) is 7.91. The van der Waals surface area contributed by atoms with Gasteiger partial charge in [-0.05, 0) is 17.0 Å². The van der Waals surface area contributed by atoms with Gasteiger partial charge in [-0.15, -0.1) is 0 Å². The Morgan fingerprint density at radius 2 is 2.12 bits per heavy atom. The lowest BCUT2D eigenvalue weighted by Gasteiger charge is -2.25. The Bertz CT molecular complexity index is 443. The van der Waals surface area contributed by atoms with Crippen molar-refractivity contribution in [3.8, 4) is 5.75 Å². The van der Waals surface area contributed by atoms with Crippen LogP contribution in [-0.2, 0) is 6.42 Å². The third-order valence-corrected chi connectivity index (χ3v) is 3.05. The molecule has 0 bridgehead atoms. The summed E-state index contributed by atoms with van der Waals surface area (Å²) in [4.78, 5) is 12.2. The lowest BCUT2D eigenvalue weighted by molar-refractivity contribution is 0.0440. The summed E-state index contributed by atoms with van der Waals surface area (Å²) in [6.07, 6.45) is -0.166. The molecule has 1 heterocycles. The first-order valence-corrected chi connectivity index (χ1v) is 5.88. The quantitative estimate of drug-likeness (QED) is 0.798. The molecule has 3 heteroatoms. The van der Waals surface area contributed by atoms with E-state index in [0.29, 0.717) is 17.9 Å². The van der Waals surface area contributed by atoms with E-state index >= 15 is 0 Å². The summed E-state index contributed by atoms with van der Waals surface area (Å²) in [7, 11) is 0. The number of ketones is 1. The average Bonchev–Trinajstić information content (AvgIpc) is 2.73. The number of Topliss-reactive ketones (excluding diaryl/α,β-unsaturated/α-hetero) is 1. The first-order valence-electron chi connectivity index (χ1n) is 5.88. The minimum absolute atomic E-state index is 0.253. The highest BCUT2D eigenvalue weighted by Crippen LogP contribution is 2.32. The van der Waals surface area contributed by atoms with Crippen LogP contribution < -0.4 is 4.74 Å². The van der Waals surface area contributed by atoms with Crippen molar-refractivity contribution in [1.29, 1.82) is 0 Å². The maximum absolute atomic E-state index is 12.2. The Kier molecular flexibility index (Phi) is 2.96. The van der Waals surface area contributed by atoms with Crippen LogP contribution in [0.5, 0.6) is 5.75 Å². The van der Waals surface area contributed by atoms with Crippen LogP contribution in [0.2, 0.25) is 0 Å². The van der Waals surface area contributed by atoms with Gasteiger partial charge in [-0.25, -0.2) is 0 Å². The molecule has 0 radical (unpaired) electrons. The van der Waals surface area contributed by atoms with Crippen molar-refractivity contribution in [3.05, 3.63) is 29.3 Å². The van der Waals surface area contributed by atoms with Crippen LogP contribution >= 0.6 is 0 Å². The smallest absolute Gasteiger partial charge is 0.195 e. The van der Waals surface area contributed by atoms with Crippen LogP contribution in [0.1, 0.15) is 36.7 Å². The van der Waals surface area contributed by atoms with Gasteiger partial charge in [0.1, 0.15) is 11.9 Å². The van der Waals surface area contributed by atoms with Gasteiger partial charge in [-0.2, -0.15) is 0 Å². The maximum atomic E-state index is 12.2. The molecule has 0 fully saturated rings. The van der Waals surface area contributed by atoms with Crippen LogP contribution in [0.15, 0.2) is 18.2 Å². The molecule has 0 aromatic heterocycles. The fourth-order valence-electron chi connectivity index (χ4n) is 1.95. The second-order valence-corrected chi connectivity index (χ2v) is 5.53. The highest BCUT2D eigenvalue weighted by atomic mass is 16.5. The van der Waals surface area contributed by atoms with Crippen molar-refractivity contribution in [2.45, 2.75) is 33.3 Å². The summed E-state index contributed by atoms with van der Waals surface area (Å²) in [5, 5.41) is 10.0. The molecule has 1 atom stereocenters. The van der Waals surface area contributed by atoms with Crippen LogP contribution in [0.25, 0.3) is 0 Å². The molecule has 0 saturated heterocycles. The number of aliphatic hydroxyl groups is 1. The second kappa shape index (κ2) is 4.15. The first kappa shape index (κ1) is 12.1. The van der Waals surface area contributed by atoms with Gasteiger partial charge in [-0.1, -0.05) is 32.9 Å². The number of benzene rings is 1. The standard InChI is InChI=1S/C14H18O3/c1-14(2,3)13(16)11(15)10-6-4-5-9-7-8-17-12(9)10/h4-6,13,16H,7-8H2,1-3H3. The fraction of sp³-hybridized carbons (Fsp3) is 0.500. The molecule has 1 N–H and O–H groups in total. The Hall–Kier alpha value is -1.35. The highest BCUT2D eigenvalue weighted by molar-refractivity contribution is 6.02. The molecule has 0 saturated carbocycles. The van der Waals surface area contributed by atoms with Crippen LogP contribution in [-0.4, -0.2) is 23.6 Å². The van der Waals surface area contributed by atoms with Gasteiger partial charge in [0.05, 0.1) is 12.2 Å². The van der Waals surface area contributed by atoms with Gasteiger partial charge in [0.2, 0.25) is 0 Å². The number of ether oxygens (including phenoxy) is 1. The van der Waals surface area contributed by atoms with Gasteiger partial charge in [0.15, 0.2) is 5.78 Å². The van der Waals surface area contributed by atoms with E-state index in [2.05, 4.69) is 0 Å². The summed E-state index contributed by atoms with van der Waals surface area (Å²) < 4.78 is 5.48. The third-order valence-electron chi connectivity index (χ3n) is 3.05. The van der Waals surface area contributed by atoms with Crippen molar-refractivity contribution in [1.82, 2.24) is 0 Å². The van der Waals surface area contributed by atoms with Crippen molar-refractivity contribution < 1.29 is 14.6 Å². The van der Waals surface area contributed by atoms with Crippen molar-refractivity contribution in [2.75, 3.05) is 6.61 Å². The zero-order valence-corrected chi connectivity index (χ0v) is 10.5. The van der Waals surface area contributed by atoms with E-state index < -0.39 is 11.5 Å². The number of para-hydroxylation sites is 1. The number of hydrogen-bond acceptors (Lipinski definition) is 3. The van der Waals surface area contributed by atoms with Gasteiger partial charge >= 0.3 is 0 Å². The van der Waals surface area contributed by atoms with E-state index in [1.54, 1.807) is 6.07 Å². The van der Waals surface area contributed by atoms with Gasteiger partial charge in [0.25, 0.3) is 0 Å². The molecule has 92 valence electrons. The number of carbonyl (C=O) groups excluding carboxylic acids is 1. The van der Waals surface area contributed by atoms with Crippen molar-refractivity contribution >= 4 is 5.78 Å². The summed E-state index contributed by atoms with van der Waals surface area (Å²) in [5.41, 5.74) is 1.10. The Morgan fingerprint density at radius 3 is 2.76 bits per heavy atom. The summed E-state index contributed by atoms with van der Waals surface area (Å²) in [6.45, 7) is 6.16. The molecule has 1 unspecified atom stereocenters. The minimum atomic E-state index is -1.00. The normalized spacial score (nSPS) is 16.2. The third kappa shape index (κ3) is 2.20. The van der Waals surface area contributed by atoms with Gasteiger partial charge in [0, 0.05) is 6.42 Å². The average molecular weight is 234 g/mol. The fourth-order valence-corrected chi connectivity index (χ4v) is 1.95. The minimum Gasteiger partial charge on any atom is -0.492 e. The van der Waals surface area contributed by atoms with E-state index in [4.69, 9.17) is 4.74 Å². The van der Waals surface area contributed by atoms with E-state index in [-0.39, 0.29) is 5.78 Å². The Balaban J connectivity index is 2.36. The molecular weight excluding hydrogens is 216 g/mol. The summed E-state index contributed by atoms with van der Waals surface area (Å²) in [6, 6.07) is 5.53. The van der Waals surface area contributed by atoms with E-state index in [0.717, 1.165) is 12.0 Å². The number of hydrogen-bond donors (Lipinski definition) is 1. The topological polar surface area (TPSA) is 46.5 Å². The molecule has 1 aromatic rings. The number of aliphatic hydroxyl groups excluding tert-OH is 1. The lowest BCUT2D eigenvalue weighted by Crippen LogP contribution is -2.34. The number of carbonyl (C=O) groups is 1. The maximum Gasteiger partial charge on any atom is 0.195 e. The monoisotopic (exact) mass is 234 g/mol. The van der Waals surface area contributed by atoms with Gasteiger partial charge < -0.3 is 9.84 Å². The molecule has 3 nitrogen and oxygen atoms in total.